The molecule has 1 aromatic heterocycles. The topological polar surface area (TPSA) is 24.9 Å². The average molecular weight is 280 g/mol. The molecule has 1 N–H and O–H groups in total. The van der Waals surface area contributed by atoms with E-state index < -0.39 is 0 Å². The normalized spacial score (nSPS) is 10.7. The third-order valence-corrected chi connectivity index (χ3v) is 3.96. The van der Waals surface area contributed by atoms with Gasteiger partial charge in [0.2, 0.25) is 0 Å². The van der Waals surface area contributed by atoms with Crippen LogP contribution in [0.5, 0.6) is 0 Å². The van der Waals surface area contributed by atoms with E-state index in [1.807, 2.05) is 12.3 Å². The first-order valence-electron chi connectivity index (χ1n) is 6.57. The van der Waals surface area contributed by atoms with E-state index in [4.69, 9.17) is 0 Å². The zero-order valence-electron chi connectivity index (χ0n) is 11.3. The Morgan fingerprint density at radius 1 is 1.05 bits per heavy atom. The van der Waals surface area contributed by atoms with Crippen molar-refractivity contribution < 1.29 is 0 Å². The Balaban J connectivity index is 1.76. The summed E-state index contributed by atoms with van der Waals surface area (Å²) in [5, 5.41) is 4.65. The van der Waals surface area contributed by atoms with E-state index in [2.05, 4.69) is 65.1 Å². The van der Waals surface area contributed by atoms with Crippen LogP contribution in [0.3, 0.4) is 0 Å². The summed E-state index contributed by atoms with van der Waals surface area (Å²) in [5.41, 5.74) is 3.46. The van der Waals surface area contributed by atoms with Crippen molar-refractivity contribution in [3.05, 3.63) is 66.4 Å². The number of aromatic nitrogens is 1. The molecule has 0 aliphatic rings. The third kappa shape index (κ3) is 2.94. The van der Waals surface area contributed by atoms with Crippen LogP contribution in [-0.4, -0.2) is 11.2 Å². The second kappa shape index (κ2) is 5.97. The maximum Gasteiger partial charge on any atom is 0.0702 e. The number of nitrogens with zero attached hydrogens (tertiary/aromatic N) is 1. The summed E-state index contributed by atoms with van der Waals surface area (Å²) in [4.78, 5) is 5.62. The highest BCUT2D eigenvalue weighted by Gasteiger charge is 1.98. The molecule has 0 atom stereocenters. The molecule has 0 spiro atoms. The lowest BCUT2D eigenvalue weighted by molar-refractivity contribution is 1.15. The molecule has 2 nitrogen and oxygen atoms in total. The maximum atomic E-state index is 4.34. The highest BCUT2D eigenvalue weighted by Crippen LogP contribution is 2.20. The number of thioether (sulfide) groups is 1. The second-order valence-corrected chi connectivity index (χ2v) is 5.50. The summed E-state index contributed by atoms with van der Waals surface area (Å²) in [5.74, 6) is 0. The lowest BCUT2D eigenvalue weighted by Gasteiger charge is -2.08. The number of fused-ring (bicyclic) bond motifs is 1. The minimum Gasteiger partial charge on any atom is -0.381 e. The molecule has 3 aromatic rings. The number of nitrogens with one attached hydrogen (secondary N) is 1. The first kappa shape index (κ1) is 13.0. The first-order valence-corrected chi connectivity index (χ1v) is 7.79. The zero-order chi connectivity index (χ0) is 13.8. The van der Waals surface area contributed by atoms with Crippen molar-refractivity contribution in [1.29, 1.82) is 0 Å². The number of hydrogen-bond donors (Lipinski definition) is 1. The Hall–Kier alpha value is -2.00. The molecule has 100 valence electrons. The molecule has 0 fully saturated rings. The Morgan fingerprint density at radius 2 is 2.00 bits per heavy atom. The fourth-order valence-electron chi connectivity index (χ4n) is 2.17. The Morgan fingerprint density at radius 3 is 2.90 bits per heavy atom. The van der Waals surface area contributed by atoms with Crippen LogP contribution in [-0.2, 0) is 6.54 Å². The van der Waals surface area contributed by atoms with Gasteiger partial charge in [0.25, 0.3) is 0 Å². The number of rotatable bonds is 4. The van der Waals surface area contributed by atoms with Crippen LogP contribution in [0.2, 0.25) is 0 Å². The Labute approximate surface area is 123 Å². The molecule has 0 radical (unpaired) electrons. The van der Waals surface area contributed by atoms with Gasteiger partial charge in [0.05, 0.1) is 5.52 Å². The predicted molar refractivity (Wildman–Crippen MR) is 87.3 cm³/mol. The second-order valence-electron chi connectivity index (χ2n) is 4.62. The largest absolute Gasteiger partial charge is 0.381 e. The third-order valence-electron chi connectivity index (χ3n) is 3.23. The highest BCUT2D eigenvalue weighted by atomic mass is 32.2. The molecule has 0 aliphatic heterocycles. The van der Waals surface area contributed by atoms with Crippen LogP contribution in [0.1, 0.15) is 5.56 Å². The fourth-order valence-corrected chi connectivity index (χ4v) is 2.63. The SMILES string of the molecule is CSc1cccc(NCc2ccc3ncccc3c2)c1. The molecule has 0 saturated carbocycles. The van der Waals surface area contributed by atoms with Crippen molar-refractivity contribution in [3.63, 3.8) is 0 Å². The molecule has 0 aliphatic carbocycles. The van der Waals surface area contributed by atoms with E-state index in [-0.39, 0.29) is 0 Å². The van der Waals surface area contributed by atoms with Crippen molar-refractivity contribution in [3.8, 4) is 0 Å². The molecule has 0 unspecified atom stereocenters. The van der Waals surface area contributed by atoms with Gasteiger partial charge in [-0.15, -0.1) is 11.8 Å². The Bertz CT molecular complexity index is 725. The summed E-state index contributed by atoms with van der Waals surface area (Å²) in [6.45, 7) is 0.822. The molecule has 3 heteroatoms. The predicted octanol–water partition coefficient (Wildman–Crippen LogP) is 4.57. The van der Waals surface area contributed by atoms with Crippen LogP contribution in [0.4, 0.5) is 5.69 Å². The summed E-state index contributed by atoms with van der Waals surface area (Å²) in [7, 11) is 0. The molecule has 0 saturated heterocycles. The van der Waals surface area contributed by atoms with Crippen molar-refractivity contribution in [2.24, 2.45) is 0 Å². The molecule has 20 heavy (non-hydrogen) atoms. The number of benzene rings is 2. The van der Waals surface area contributed by atoms with Gasteiger partial charge in [0, 0.05) is 28.7 Å². The number of pyridine rings is 1. The van der Waals surface area contributed by atoms with Crippen LogP contribution in [0.25, 0.3) is 10.9 Å². The van der Waals surface area contributed by atoms with E-state index >= 15 is 0 Å². The van der Waals surface area contributed by atoms with Crippen LogP contribution >= 0.6 is 11.8 Å². The van der Waals surface area contributed by atoms with E-state index in [0.29, 0.717) is 0 Å². The van der Waals surface area contributed by atoms with Crippen molar-refractivity contribution >= 4 is 28.4 Å². The first-order chi connectivity index (χ1) is 9.85. The average Bonchev–Trinajstić information content (AvgIpc) is 2.53. The summed E-state index contributed by atoms with van der Waals surface area (Å²) >= 11 is 1.76. The van der Waals surface area contributed by atoms with Gasteiger partial charge in [0.15, 0.2) is 0 Å². The number of hydrogen-bond acceptors (Lipinski definition) is 3. The fraction of sp³-hybridized carbons (Fsp3) is 0.118. The quantitative estimate of drug-likeness (QED) is 0.709. The van der Waals surface area contributed by atoms with E-state index in [1.165, 1.54) is 15.8 Å². The highest BCUT2D eigenvalue weighted by molar-refractivity contribution is 7.98. The Kier molecular flexibility index (Phi) is 3.88. The lowest BCUT2D eigenvalue weighted by Crippen LogP contribution is -1.99. The van der Waals surface area contributed by atoms with Gasteiger partial charge < -0.3 is 5.32 Å². The van der Waals surface area contributed by atoms with Gasteiger partial charge in [-0.3, -0.25) is 4.98 Å². The minimum absolute atomic E-state index is 0.822. The van der Waals surface area contributed by atoms with Gasteiger partial charge >= 0.3 is 0 Å². The summed E-state index contributed by atoms with van der Waals surface area (Å²) in [6, 6.07) is 18.9. The molecule has 0 bridgehead atoms. The van der Waals surface area contributed by atoms with Gasteiger partial charge in [-0.1, -0.05) is 18.2 Å². The van der Waals surface area contributed by atoms with Crippen LogP contribution in [0.15, 0.2) is 65.7 Å². The van der Waals surface area contributed by atoms with Gasteiger partial charge in [-0.05, 0) is 48.2 Å². The summed E-state index contributed by atoms with van der Waals surface area (Å²) < 4.78 is 0. The smallest absolute Gasteiger partial charge is 0.0702 e. The van der Waals surface area contributed by atoms with Crippen molar-refractivity contribution in [2.45, 2.75) is 11.4 Å². The van der Waals surface area contributed by atoms with Gasteiger partial charge in [0.1, 0.15) is 0 Å². The van der Waals surface area contributed by atoms with Crippen LogP contribution in [0, 0.1) is 0 Å². The molecule has 1 heterocycles. The molecule has 0 amide bonds. The molecule has 2 aromatic carbocycles. The summed E-state index contributed by atoms with van der Waals surface area (Å²) in [6.07, 6.45) is 3.92. The van der Waals surface area contributed by atoms with Crippen molar-refractivity contribution in [1.82, 2.24) is 4.98 Å². The molecular weight excluding hydrogens is 264 g/mol. The van der Waals surface area contributed by atoms with E-state index in [1.54, 1.807) is 11.8 Å². The lowest BCUT2D eigenvalue weighted by atomic mass is 10.1. The molecular formula is C17H16N2S. The van der Waals surface area contributed by atoms with Crippen molar-refractivity contribution in [2.75, 3.05) is 11.6 Å². The van der Waals surface area contributed by atoms with E-state index in [9.17, 15) is 0 Å². The van der Waals surface area contributed by atoms with Gasteiger partial charge in [-0.2, -0.15) is 0 Å². The number of anilines is 1. The maximum absolute atomic E-state index is 4.34. The standard InChI is InChI=1S/C17H16N2S/c1-20-16-6-2-5-15(11-16)19-12-13-7-8-17-14(10-13)4-3-9-18-17/h2-11,19H,12H2,1H3. The van der Waals surface area contributed by atoms with E-state index in [0.717, 1.165) is 17.7 Å². The zero-order valence-corrected chi connectivity index (χ0v) is 12.2. The monoisotopic (exact) mass is 280 g/mol. The van der Waals surface area contributed by atoms with Gasteiger partial charge in [-0.25, -0.2) is 0 Å². The molecule has 3 rings (SSSR count). The minimum atomic E-state index is 0.822. The van der Waals surface area contributed by atoms with Crippen LogP contribution < -0.4 is 5.32 Å².